The average molecular weight is 365 g/mol. The van der Waals surface area contributed by atoms with Gasteiger partial charge in [-0.05, 0) is 17.7 Å². The number of thiazole rings is 1. The van der Waals surface area contributed by atoms with E-state index in [4.69, 9.17) is 16.3 Å². The van der Waals surface area contributed by atoms with Crippen molar-refractivity contribution in [1.29, 1.82) is 0 Å². The Labute approximate surface area is 149 Å². The van der Waals surface area contributed by atoms with Crippen molar-refractivity contribution in [2.75, 3.05) is 31.2 Å². The van der Waals surface area contributed by atoms with Crippen molar-refractivity contribution in [2.24, 2.45) is 5.10 Å². The third kappa shape index (κ3) is 4.77. The lowest BCUT2D eigenvalue weighted by Crippen LogP contribution is -2.36. The normalized spacial score (nSPS) is 15.0. The van der Waals surface area contributed by atoms with Gasteiger partial charge in [-0.15, -0.1) is 11.3 Å². The molecule has 3 rings (SSSR count). The standard InChI is InChI=1S/C16H17ClN4O2S/c17-13-3-1-2-12(8-13)10-18-20-15(22)9-14-11-24-16(19-14)21-4-6-23-7-5-21/h1-3,8,10-11H,4-7,9H2,(H,20,22)/b18-10-. The molecular weight excluding hydrogens is 348 g/mol. The fourth-order valence-electron chi connectivity index (χ4n) is 2.25. The topological polar surface area (TPSA) is 66.8 Å². The van der Waals surface area contributed by atoms with Crippen molar-refractivity contribution in [2.45, 2.75) is 6.42 Å². The molecule has 1 aliphatic rings. The Morgan fingerprint density at radius 3 is 3.08 bits per heavy atom. The first-order valence-corrected chi connectivity index (χ1v) is 8.81. The number of hydrogen-bond donors (Lipinski definition) is 1. The minimum atomic E-state index is -0.202. The number of ether oxygens (including phenoxy) is 1. The summed E-state index contributed by atoms with van der Waals surface area (Å²) in [6.07, 6.45) is 1.76. The molecule has 6 nitrogen and oxygen atoms in total. The number of morpholine rings is 1. The van der Waals surface area contributed by atoms with Crippen molar-refractivity contribution >= 4 is 40.2 Å². The lowest BCUT2D eigenvalue weighted by atomic mass is 10.2. The van der Waals surface area contributed by atoms with E-state index in [9.17, 15) is 4.79 Å². The molecule has 8 heteroatoms. The summed E-state index contributed by atoms with van der Waals surface area (Å²) < 4.78 is 5.33. The summed E-state index contributed by atoms with van der Waals surface area (Å²) >= 11 is 7.44. The predicted octanol–water partition coefficient (Wildman–Crippen LogP) is 2.33. The molecule has 24 heavy (non-hydrogen) atoms. The summed E-state index contributed by atoms with van der Waals surface area (Å²) in [5.41, 5.74) is 4.08. The van der Waals surface area contributed by atoms with E-state index in [1.807, 2.05) is 17.5 Å². The van der Waals surface area contributed by atoms with Crippen LogP contribution in [0.3, 0.4) is 0 Å². The number of amides is 1. The smallest absolute Gasteiger partial charge is 0.246 e. The van der Waals surface area contributed by atoms with E-state index >= 15 is 0 Å². The summed E-state index contributed by atoms with van der Waals surface area (Å²) in [6, 6.07) is 7.24. The molecule has 2 heterocycles. The predicted molar refractivity (Wildman–Crippen MR) is 96.0 cm³/mol. The third-order valence-corrected chi connectivity index (χ3v) is 4.60. The second kappa shape index (κ2) is 8.23. The van der Waals surface area contributed by atoms with Crippen LogP contribution in [0.25, 0.3) is 0 Å². The molecule has 1 amide bonds. The minimum absolute atomic E-state index is 0.202. The molecule has 1 N–H and O–H groups in total. The first-order valence-electron chi connectivity index (χ1n) is 7.55. The Morgan fingerprint density at radius 1 is 1.46 bits per heavy atom. The van der Waals surface area contributed by atoms with Crippen molar-refractivity contribution in [1.82, 2.24) is 10.4 Å². The number of aromatic nitrogens is 1. The van der Waals surface area contributed by atoms with E-state index in [2.05, 4.69) is 20.4 Å². The van der Waals surface area contributed by atoms with Crippen LogP contribution in [0.4, 0.5) is 5.13 Å². The van der Waals surface area contributed by atoms with Gasteiger partial charge in [0.25, 0.3) is 0 Å². The lowest BCUT2D eigenvalue weighted by molar-refractivity contribution is -0.120. The van der Waals surface area contributed by atoms with E-state index < -0.39 is 0 Å². The first-order chi connectivity index (χ1) is 11.7. The summed E-state index contributed by atoms with van der Waals surface area (Å²) in [6.45, 7) is 3.10. The largest absolute Gasteiger partial charge is 0.378 e. The summed E-state index contributed by atoms with van der Waals surface area (Å²) in [5, 5.41) is 7.41. The fourth-order valence-corrected chi connectivity index (χ4v) is 3.32. The number of anilines is 1. The number of carbonyl (C=O) groups excluding carboxylic acids is 1. The molecule has 2 aromatic rings. The molecule has 0 aliphatic carbocycles. The second-order valence-electron chi connectivity index (χ2n) is 5.25. The van der Waals surface area contributed by atoms with Crippen molar-refractivity contribution in [3.63, 3.8) is 0 Å². The highest BCUT2D eigenvalue weighted by Crippen LogP contribution is 2.21. The zero-order chi connectivity index (χ0) is 16.8. The Morgan fingerprint density at radius 2 is 2.29 bits per heavy atom. The van der Waals surface area contributed by atoms with Gasteiger partial charge in [0.05, 0.1) is 31.5 Å². The monoisotopic (exact) mass is 364 g/mol. The van der Waals surface area contributed by atoms with Crippen LogP contribution in [0.2, 0.25) is 5.02 Å². The number of halogens is 1. The van der Waals surface area contributed by atoms with Gasteiger partial charge in [-0.25, -0.2) is 10.4 Å². The number of rotatable bonds is 5. The van der Waals surface area contributed by atoms with E-state index in [-0.39, 0.29) is 12.3 Å². The highest BCUT2D eigenvalue weighted by Gasteiger charge is 2.15. The maximum atomic E-state index is 11.9. The number of hydrazone groups is 1. The quantitative estimate of drug-likeness (QED) is 0.653. The fraction of sp³-hybridized carbons (Fsp3) is 0.312. The number of hydrogen-bond acceptors (Lipinski definition) is 6. The molecular formula is C16H17ClN4O2S. The van der Waals surface area contributed by atoms with Gasteiger partial charge in [0.1, 0.15) is 0 Å². The maximum absolute atomic E-state index is 11.9. The van der Waals surface area contributed by atoms with Crippen LogP contribution in [0.1, 0.15) is 11.3 Å². The molecule has 0 atom stereocenters. The summed E-state index contributed by atoms with van der Waals surface area (Å²) in [5.74, 6) is -0.202. The number of nitrogens with one attached hydrogen (secondary N) is 1. The lowest BCUT2D eigenvalue weighted by Gasteiger charge is -2.26. The van der Waals surface area contributed by atoms with E-state index in [1.54, 1.807) is 29.7 Å². The second-order valence-corrected chi connectivity index (χ2v) is 6.52. The zero-order valence-electron chi connectivity index (χ0n) is 12.9. The first kappa shape index (κ1) is 16.9. The van der Waals surface area contributed by atoms with Gasteiger partial charge < -0.3 is 9.64 Å². The highest BCUT2D eigenvalue weighted by molar-refractivity contribution is 7.13. The van der Waals surface area contributed by atoms with Gasteiger partial charge in [-0.3, -0.25) is 4.79 Å². The maximum Gasteiger partial charge on any atom is 0.246 e. The molecule has 126 valence electrons. The van der Waals surface area contributed by atoms with E-state index in [0.29, 0.717) is 18.2 Å². The van der Waals surface area contributed by atoms with Gasteiger partial charge in [0.2, 0.25) is 5.91 Å². The van der Waals surface area contributed by atoms with Crippen LogP contribution >= 0.6 is 22.9 Å². The molecule has 0 radical (unpaired) electrons. The van der Waals surface area contributed by atoms with Crippen LogP contribution in [0.5, 0.6) is 0 Å². The van der Waals surface area contributed by atoms with Crippen molar-refractivity contribution < 1.29 is 9.53 Å². The molecule has 1 saturated heterocycles. The van der Waals surface area contributed by atoms with E-state index in [1.165, 1.54) is 0 Å². The van der Waals surface area contributed by atoms with Crippen LogP contribution in [0, 0.1) is 0 Å². The molecule has 0 bridgehead atoms. The Hall–Kier alpha value is -1.96. The molecule has 1 aromatic carbocycles. The average Bonchev–Trinajstić information content (AvgIpc) is 3.04. The van der Waals surface area contributed by atoms with Crippen LogP contribution in [-0.4, -0.2) is 43.4 Å². The summed E-state index contributed by atoms with van der Waals surface area (Å²) in [7, 11) is 0. The van der Waals surface area contributed by atoms with Gasteiger partial charge in [-0.2, -0.15) is 5.10 Å². The molecule has 0 unspecified atom stereocenters. The molecule has 1 aliphatic heterocycles. The third-order valence-electron chi connectivity index (χ3n) is 3.41. The zero-order valence-corrected chi connectivity index (χ0v) is 14.5. The van der Waals surface area contributed by atoms with Gasteiger partial charge >= 0.3 is 0 Å². The molecule has 1 fully saturated rings. The van der Waals surface area contributed by atoms with E-state index in [0.717, 1.165) is 29.5 Å². The Kier molecular flexibility index (Phi) is 5.79. The van der Waals surface area contributed by atoms with Crippen LogP contribution in [0.15, 0.2) is 34.7 Å². The number of nitrogens with zero attached hydrogens (tertiary/aromatic N) is 3. The Bertz CT molecular complexity index is 728. The molecule has 0 spiro atoms. The van der Waals surface area contributed by atoms with Gasteiger partial charge in [-0.1, -0.05) is 23.7 Å². The Balaban J connectivity index is 1.50. The highest BCUT2D eigenvalue weighted by atomic mass is 35.5. The number of benzene rings is 1. The van der Waals surface area contributed by atoms with Crippen LogP contribution < -0.4 is 10.3 Å². The molecule has 0 saturated carbocycles. The van der Waals surface area contributed by atoms with Crippen LogP contribution in [-0.2, 0) is 16.0 Å². The summed E-state index contributed by atoms with van der Waals surface area (Å²) in [4.78, 5) is 18.6. The SMILES string of the molecule is O=C(Cc1csc(N2CCOCC2)n1)N/N=C\c1cccc(Cl)c1. The molecule has 1 aromatic heterocycles. The minimum Gasteiger partial charge on any atom is -0.378 e. The van der Waals surface area contributed by atoms with Crippen molar-refractivity contribution in [3.05, 3.63) is 45.9 Å². The van der Waals surface area contributed by atoms with Gasteiger partial charge in [0, 0.05) is 23.5 Å². The van der Waals surface area contributed by atoms with Crippen molar-refractivity contribution in [3.8, 4) is 0 Å². The number of carbonyl (C=O) groups is 1. The van der Waals surface area contributed by atoms with Gasteiger partial charge in [0.15, 0.2) is 5.13 Å².